The predicted octanol–water partition coefficient (Wildman–Crippen LogP) is 2.46. The first kappa shape index (κ1) is 23.4. The van der Waals surface area contributed by atoms with Gasteiger partial charge in [-0.25, -0.2) is 17.9 Å². The van der Waals surface area contributed by atoms with Gasteiger partial charge < -0.3 is 19.5 Å². The third-order valence-corrected chi connectivity index (χ3v) is 6.60. The fraction of sp³-hybridized carbons (Fsp3) is 0.650. The third-order valence-electron chi connectivity index (χ3n) is 5.00. The molecule has 0 radical (unpaired) electrons. The van der Waals surface area contributed by atoms with Gasteiger partial charge in [-0.05, 0) is 45.4 Å². The van der Waals surface area contributed by atoms with Crippen molar-refractivity contribution in [2.24, 2.45) is 5.92 Å². The van der Waals surface area contributed by atoms with Crippen LogP contribution in [-0.2, 0) is 20.4 Å². The number of hydrogen-bond acceptors (Lipinski definition) is 6. The van der Waals surface area contributed by atoms with Crippen molar-refractivity contribution in [3.8, 4) is 5.75 Å². The van der Waals surface area contributed by atoms with E-state index in [0.29, 0.717) is 5.75 Å². The normalized spacial score (nSPS) is 23.0. The molecule has 0 spiro atoms. The molecule has 9 heteroatoms. The molecule has 8 nitrogen and oxygen atoms in total. The number of ether oxygens (including phenoxy) is 2. The number of carbonyl (C=O) groups excluding carboxylic acids is 1. The highest BCUT2D eigenvalue weighted by molar-refractivity contribution is 7.89. The predicted molar refractivity (Wildman–Crippen MR) is 109 cm³/mol. The van der Waals surface area contributed by atoms with Gasteiger partial charge in [0, 0.05) is 31.1 Å². The summed E-state index contributed by atoms with van der Waals surface area (Å²) in [6.07, 6.45) is -0.271. The Labute approximate surface area is 173 Å². The molecule has 2 atom stereocenters. The lowest BCUT2D eigenvalue weighted by Crippen LogP contribution is -2.52. The number of sulfonamides is 1. The van der Waals surface area contributed by atoms with Crippen LogP contribution in [0.3, 0.4) is 0 Å². The SMILES string of the molecule is CCNS(=O)(=O)c1ccc(OC)cc1C1(O)CCN(C(=O)OC(C)(C)C)CC1C. The Morgan fingerprint density at radius 3 is 2.55 bits per heavy atom. The van der Waals surface area contributed by atoms with Gasteiger partial charge >= 0.3 is 6.09 Å². The molecule has 1 amide bonds. The largest absolute Gasteiger partial charge is 0.497 e. The van der Waals surface area contributed by atoms with Gasteiger partial charge in [0.15, 0.2) is 0 Å². The first-order valence-corrected chi connectivity index (χ1v) is 11.2. The second kappa shape index (κ2) is 8.49. The maximum Gasteiger partial charge on any atom is 0.410 e. The number of methoxy groups -OCH3 is 1. The van der Waals surface area contributed by atoms with Crippen molar-refractivity contribution < 1.29 is 27.8 Å². The number of carbonyl (C=O) groups is 1. The van der Waals surface area contributed by atoms with Gasteiger partial charge in [-0.1, -0.05) is 13.8 Å². The van der Waals surface area contributed by atoms with E-state index >= 15 is 0 Å². The molecule has 1 saturated heterocycles. The molecule has 2 N–H and O–H groups in total. The molecule has 1 fully saturated rings. The van der Waals surface area contributed by atoms with Crippen LogP contribution in [0, 0.1) is 5.92 Å². The first-order valence-electron chi connectivity index (χ1n) is 9.72. The number of hydrogen-bond donors (Lipinski definition) is 2. The van der Waals surface area contributed by atoms with Crippen molar-refractivity contribution in [3.05, 3.63) is 23.8 Å². The van der Waals surface area contributed by atoms with E-state index in [1.54, 1.807) is 51.7 Å². The van der Waals surface area contributed by atoms with Gasteiger partial charge in [-0.3, -0.25) is 0 Å². The van der Waals surface area contributed by atoms with E-state index in [4.69, 9.17) is 9.47 Å². The van der Waals surface area contributed by atoms with Crippen LogP contribution in [0.1, 0.15) is 46.6 Å². The molecule has 1 aliphatic rings. The molecule has 1 aromatic rings. The average Bonchev–Trinajstić information content (AvgIpc) is 2.62. The maximum absolute atomic E-state index is 12.7. The van der Waals surface area contributed by atoms with Crippen molar-refractivity contribution in [1.82, 2.24) is 9.62 Å². The molecule has 0 aromatic heterocycles. The zero-order valence-electron chi connectivity index (χ0n) is 18.0. The summed E-state index contributed by atoms with van der Waals surface area (Å²) in [6.45, 7) is 9.58. The molecule has 2 unspecified atom stereocenters. The van der Waals surface area contributed by atoms with Crippen LogP contribution in [0.25, 0.3) is 0 Å². The van der Waals surface area contributed by atoms with Gasteiger partial charge in [0.1, 0.15) is 11.4 Å². The monoisotopic (exact) mass is 428 g/mol. The summed E-state index contributed by atoms with van der Waals surface area (Å²) in [7, 11) is -2.32. The van der Waals surface area contributed by atoms with Crippen LogP contribution in [0.2, 0.25) is 0 Å². The van der Waals surface area contributed by atoms with E-state index in [9.17, 15) is 18.3 Å². The Kier molecular flexibility index (Phi) is 6.86. The molecule has 1 heterocycles. The Morgan fingerprint density at radius 2 is 2.03 bits per heavy atom. The second-order valence-electron chi connectivity index (χ2n) is 8.37. The minimum atomic E-state index is -3.80. The number of nitrogens with zero attached hydrogens (tertiary/aromatic N) is 1. The Morgan fingerprint density at radius 1 is 1.38 bits per heavy atom. The summed E-state index contributed by atoms with van der Waals surface area (Å²) in [6, 6.07) is 4.55. The van der Waals surface area contributed by atoms with Crippen LogP contribution in [0.5, 0.6) is 5.75 Å². The van der Waals surface area contributed by atoms with Gasteiger partial charge in [0.25, 0.3) is 0 Å². The summed E-state index contributed by atoms with van der Waals surface area (Å²) >= 11 is 0. The first-order chi connectivity index (χ1) is 13.3. The molecule has 0 aliphatic carbocycles. The van der Waals surface area contributed by atoms with Crippen molar-refractivity contribution in [2.45, 2.75) is 57.1 Å². The number of aliphatic hydroxyl groups is 1. The van der Waals surface area contributed by atoms with Crippen molar-refractivity contribution >= 4 is 16.1 Å². The quantitative estimate of drug-likeness (QED) is 0.746. The molecule has 1 aromatic carbocycles. The average molecular weight is 429 g/mol. The Hall–Kier alpha value is -1.84. The fourth-order valence-corrected chi connectivity index (χ4v) is 4.80. The minimum Gasteiger partial charge on any atom is -0.497 e. The van der Waals surface area contributed by atoms with Gasteiger partial charge in [-0.15, -0.1) is 0 Å². The lowest BCUT2D eigenvalue weighted by molar-refractivity contribution is -0.0752. The van der Waals surface area contributed by atoms with Crippen molar-refractivity contribution in [2.75, 3.05) is 26.7 Å². The summed E-state index contributed by atoms with van der Waals surface area (Å²) in [5, 5.41) is 11.5. The zero-order valence-corrected chi connectivity index (χ0v) is 18.8. The topological polar surface area (TPSA) is 105 Å². The van der Waals surface area contributed by atoms with E-state index < -0.39 is 33.2 Å². The summed E-state index contributed by atoms with van der Waals surface area (Å²) in [5.74, 6) is 0.0251. The lowest BCUT2D eigenvalue weighted by Gasteiger charge is -2.44. The Balaban J connectivity index is 2.40. The van der Waals surface area contributed by atoms with Crippen LogP contribution < -0.4 is 9.46 Å². The van der Waals surface area contributed by atoms with Crippen LogP contribution in [-0.4, -0.2) is 56.9 Å². The van der Waals surface area contributed by atoms with E-state index in [1.165, 1.54) is 13.2 Å². The number of nitrogens with one attached hydrogen (secondary N) is 1. The number of piperidine rings is 1. The maximum atomic E-state index is 12.7. The molecular weight excluding hydrogens is 396 g/mol. The van der Waals surface area contributed by atoms with Gasteiger partial charge in [0.2, 0.25) is 10.0 Å². The summed E-state index contributed by atoms with van der Waals surface area (Å²) in [4.78, 5) is 14.0. The summed E-state index contributed by atoms with van der Waals surface area (Å²) in [5.41, 5.74) is -1.78. The van der Waals surface area contributed by atoms with Gasteiger partial charge in [-0.2, -0.15) is 0 Å². The number of rotatable bonds is 5. The molecule has 164 valence electrons. The van der Waals surface area contributed by atoms with E-state index in [2.05, 4.69) is 4.72 Å². The van der Waals surface area contributed by atoms with E-state index in [0.717, 1.165) is 0 Å². The Bertz CT molecular complexity index is 849. The van der Waals surface area contributed by atoms with Gasteiger partial charge in [0.05, 0.1) is 17.6 Å². The van der Waals surface area contributed by atoms with Crippen LogP contribution >= 0.6 is 0 Å². The molecule has 2 rings (SSSR count). The highest BCUT2D eigenvalue weighted by atomic mass is 32.2. The zero-order chi connectivity index (χ0) is 22.0. The van der Waals surface area contributed by atoms with Crippen molar-refractivity contribution in [1.29, 1.82) is 0 Å². The highest BCUT2D eigenvalue weighted by Crippen LogP contribution is 2.41. The minimum absolute atomic E-state index is 0.0141. The van der Waals surface area contributed by atoms with Crippen LogP contribution in [0.15, 0.2) is 23.1 Å². The molecular formula is C20H32N2O6S. The number of benzene rings is 1. The summed E-state index contributed by atoms with van der Waals surface area (Å²) < 4.78 is 38.6. The van der Waals surface area contributed by atoms with Crippen LogP contribution in [0.4, 0.5) is 4.79 Å². The van der Waals surface area contributed by atoms with E-state index in [1.807, 2.05) is 0 Å². The lowest BCUT2D eigenvalue weighted by atomic mass is 9.77. The standard InChI is InChI=1S/C20H32N2O6S/c1-7-21-29(25,26)17-9-8-15(27-6)12-16(17)20(24)10-11-22(13-14(20)2)18(23)28-19(3,4)5/h8-9,12,14,21,24H,7,10-11,13H2,1-6H3. The van der Waals surface area contributed by atoms with E-state index in [-0.39, 0.29) is 36.5 Å². The fourth-order valence-electron chi connectivity index (χ4n) is 3.49. The third kappa shape index (κ3) is 5.21. The molecule has 0 bridgehead atoms. The molecule has 1 aliphatic heterocycles. The second-order valence-corrected chi connectivity index (χ2v) is 10.1. The smallest absolute Gasteiger partial charge is 0.410 e. The highest BCUT2D eigenvalue weighted by Gasteiger charge is 2.45. The number of likely N-dealkylation sites (tertiary alicyclic amines) is 1. The number of amides is 1. The molecule has 0 saturated carbocycles. The van der Waals surface area contributed by atoms with Crippen molar-refractivity contribution in [3.63, 3.8) is 0 Å². The molecule has 29 heavy (non-hydrogen) atoms.